The van der Waals surface area contributed by atoms with Crippen molar-refractivity contribution in [2.24, 2.45) is 0 Å². The second-order valence-corrected chi connectivity index (χ2v) is 5.42. The molecule has 1 aliphatic carbocycles. The van der Waals surface area contributed by atoms with E-state index < -0.39 is 0 Å². The molecule has 4 heteroatoms. The summed E-state index contributed by atoms with van der Waals surface area (Å²) in [5.74, 6) is -0.0454. The Balaban J connectivity index is 1.90. The maximum atomic E-state index is 12.1. The maximum Gasteiger partial charge on any atom is 0.238 e. The van der Waals surface area contributed by atoms with E-state index in [9.17, 15) is 4.79 Å². The van der Waals surface area contributed by atoms with Crippen molar-refractivity contribution in [2.45, 2.75) is 38.6 Å². The first kappa shape index (κ1) is 14.5. The fraction of sp³-hybridized carbons (Fsp3) is 0.500. The molecule has 0 aliphatic heterocycles. The molecule has 1 saturated carbocycles. The van der Waals surface area contributed by atoms with Crippen LogP contribution in [0.2, 0.25) is 0 Å². The number of aryl methyl sites for hydroxylation is 1. The van der Waals surface area contributed by atoms with E-state index in [0.29, 0.717) is 19.1 Å². The van der Waals surface area contributed by atoms with Gasteiger partial charge in [0.1, 0.15) is 0 Å². The van der Waals surface area contributed by atoms with Crippen molar-refractivity contribution in [1.82, 2.24) is 4.90 Å². The van der Waals surface area contributed by atoms with Gasteiger partial charge in [-0.15, -0.1) is 0 Å². The van der Waals surface area contributed by atoms with E-state index in [-0.39, 0.29) is 5.91 Å². The lowest BCUT2D eigenvalue weighted by atomic mass is 10.2. The third kappa shape index (κ3) is 4.07. The van der Waals surface area contributed by atoms with Gasteiger partial charge in [-0.2, -0.15) is 5.26 Å². The van der Waals surface area contributed by atoms with Crippen LogP contribution in [0.5, 0.6) is 0 Å². The summed E-state index contributed by atoms with van der Waals surface area (Å²) < 4.78 is 0. The van der Waals surface area contributed by atoms with Crippen molar-refractivity contribution in [3.8, 4) is 6.07 Å². The first-order valence-corrected chi connectivity index (χ1v) is 7.16. The third-order valence-corrected chi connectivity index (χ3v) is 3.80. The second kappa shape index (κ2) is 7.06. The van der Waals surface area contributed by atoms with E-state index in [1.807, 2.05) is 36.1 Å². The van der Waals surface area contributed by atoms with Crippen molar-refractivity contribution in [2.75, 3.05) is 18.4 Å². The van der Waals surface area contributed by atoms with Crippen LogP contribution in [0.1, 0.15) is 31.2 Å². The molecule has 1 amide bonds. The Bertz CT molecular complexity index is 483. The molecule has 2 rings (SSSR count). The summed E-state index contributed by atoms with van der Waals surface area (Å²) in [5.41, 5.74) is 1.98. The van der Waals surface area contributed by atoms with Gasteiger partial charge in [0.05, 0.1) is 19.2 Å². The van der Waals surface area contributed by atoms with E-state index in [1.54, 1.807) is 0 Å². The number of benzene rings is 1. The average Bonchev–Trinajstić information content (AvgIpc) is 2.95. The number of anilines is 1. The molecule has 1 fully saturated rings. The van der Waals surface area contributed by atoms with E-state index in [4.69, 9.17) is 5.26 Å². The molecule has 0 aromatic heterocycles. The molecule has 0 bridgehead atoms. The van der Waals surface area contributed by atoms with Gasteiger partial charge in [0.2, 0.25) is 5.91 Å². The highest BCUT2D eigenvalue weighted by atomic mass is 16.2. The van der Waals surface area contributed by atoms with Crippen LogP contribution < -0.4 is 5.32 Å². The molecular formula is C16H21N3O. The third-order valence-electron chi connectivity index (χ3n) is 3.80. The lowest BCUT2D eigenvalue weighted by Gasteiger charge is -2.25. The van der Waals surface area contributed by atoms with Gasteiger partial charge >= 0.3 is 0 Å². The Morgan fingerprint density at radius 3 is 2.60 bits per heavy atom. The van der Waals surface area contributed by atoms with Crippen molar-refractivity contribution >= 4 is 11.6 Å². The van der Waals surface area contributed by atoms with Crippen LogP contribution in [0.3, 0.4) is 0 Å². The normalized spacial score (nSPS) is 15.2. The molecule has 1 aliphatic rings. The number of hydrogen-bond donors (Lipinski definition) is 1. The second-order valence-electron chi connectivity index (χ2n) is 5.42. The fourth-order valence-electron chi connectivity index (χ4n) is 2.70. The number of rotatable bonds is 5. The van der Waals surface area contributed by atoms with Crippen LogP contribution in [-0.4, -0.2) is 29.9 Å². The summed E-state index contributed by atoms with van der Waals surface area (Å²) in [7, 11) is 0. The van der Waals surface area contributed by atoms with Crippen LogP contribution >= 0.6 is 0 Å². The van der Waals surface area contributed by atoms with Gasteiger partial charge in [-0.1, -0.05) is 30.5 Å². The maximum absolute atomic E-state index is 12.1. The van der Waals surface area contributed by atoms with Crippen LogP contribution in [0.4, 0.5) is 5.69 Å². The molecule has 0 saturated heterocycles. The Kier molecular flexibility index (Phi) is 5.14. The summed E-state index contributed by atoms with van der Waals surface area (Å²) in [6.45, 7) is 2.64. The largest absolute Gasteiger partial charge is 0.325 e. The molecule has 106 valence electrons. The Morgan fingerprint density at radius 2 is 2.00 bits per heavy atom. The predicted octanol–water partition coefficient (Wildman–Crippen LogP) is 2.70. The number of nitrogens with zero attached hydrogens (tertiary/aromatic N) is 2. The summed E-state index contributed by atoms with van der Waals surface area (Å²) >= 11 is 0. The van der Waals surface area contributed by atoms with Crippen LogP contribution in [0.25, 0.3) is 0 Å². The number of nitriles is 1. The monoisotopic (exact) mass is 271 g/mol. The number of amides is 1. The van der Waals surface area contributed by atoms with Crippen LogP contribution in [0, 0.1) is 18.3 Å². The minimum absolute atomic E-state index is 0.0454. The average molecular weight is 271 g/mol. The smallest absolute Gasteiger partial charge is 0.238 e. The molecule has 0 radical (unpaired) electrons. The standard InChI is InChI=1S/C16H21N3O/c1-13-6-8-14(9-7-13)18-16(20)12-19(11-10-17)15-4-2-3-5-15/h6-9,15H,2-5,11-12H2,1H3,(H,18,20). The van der Waals surface area contributed by atoms with Crippen molar-refractivity contribution in [3.05, 3.63) is 29.8 Å². The van der Waals surface area contributed by atoms with Gasteiger partial charge in [-0.3, -0.25) is 9.69 Å². The van der Waals surface area contributed by atoms with Gasteiger partial charge in [0.15, 0.2) is 0 Å². The first-order valence-electron chi connectivity index (χ1n) is 7.16. The summed E-state index contributed by atoms with van der Waals surface area (Å²) in [5, 5.41) is 11.8. The highest BCUT2D eigenvalue weighted by Gasteiger charge is 2.24. The Morgan fingerprint density at radius 1 is 1.35 bits per heavy atom. The van der Waals surface area contributed by atoms with Gasteiger partial charge in [0, 0.05) is 11.7 Å². The molecule has 0 atom stereocenters. The lowest BCUT2D eigenvalue weighted by molar-refractivity contribution is -0.117. The number of hydrogen-bond acceptors (Lipinski definition) is 3. The fourth-order valence-corrected chi connectivity index (χ4v) is 2.70. The van der Waals surface area contributed by atoms with Crippen molar-refractivity contribution < 1.29 is 4.79 Å². The van der Waals surface area contributed by atoms with Crippen LogP contribution in [0.15, 0.2) is 24.3 Å². The highest BCUT2D eigenvalue weighted by molar-refractivity contribution is 5.92. The lowest BCUT2D eigenvalue weighted by Crippen LogP contribution is -2.39. The predicted molar refractivity (Wildman–Crippen MR) is 79.3 cm³/mol. The van der Waals surface area contributed by atoms with Gasteiger partial charge in [0.25, 0.3) is 0 Å². The van der Waals surface area contributed by atoms with Gasteiger partial charge < -0.3 is 5.32 Å². The molecule has 4 nitrogen and oxygen atoms in total. The highest BCUT2D eigenvalue weighted by Crippen LogP contribution is 2.23. The van der Waals surface area contributed by atoms with E-state index in [1.165, 1.54) is 18.4 Å². The molecule has 0 heterocycles. The van der Waals surface area contributed by atoms with Gasteiger partial charge in [-0.25, -0.2) is 0 Å². The minimum atomic E-state index is -0.0454. The minimum Gasteiger partial charge on any atom is -0.325 e. The zero-order valence-electron chi connectivity index (χ0n) is 11.9. The molecule has 1 aromatic rings. The summed E-state index contributed by atoms with van der Waals surface area (Å²) in [6.07, 6.45) is 4.59. The molecule has 1 aromatic carbocycles. The zero-order valence-corrected chi connectivity index (χ0v) is 11.9. The Hall–Kier alpha value is -1.86. The summed E-state index contributed by atoms with van der Waals surface area (Å²) in [4.78, 5) is 14.1. The quantitative estimate of drug-likeness (QED) is 0.838. The molecule has 0 unspecified atom stereocenters. The molecular weight excluding hydrogens is 250 g/mol. The van der Waals surface area contributed by atoms with Crippen molar-refractivity contribution in [3.63, 3.8) is 0 Å². The van der Waals surface area contributed by atoms with E-state index >= 15 is 0 Å². The number of carbonyl (C=O) groups excluding carboxylic acids is 1. The topological polar surface area (TPSA) is 56.1 Å². The summed E-state index contributed by atoms with van der Waals surface area (Å²) in [6, 6.07) is 10.3. The molecule has 1 N–H and O–H groups in total. The molecule has 0 spiro atoms. The number of carbonyl (C=O) groups is 1. The zero-order chi connectivity index (χ0) is 14.4. The van der Waals surface area contributed by atoms with Gasteiger partial charge in [-0.05, 0) is 31.9 Å². The molecule has 20 heavy (non-hydrogen) atoms. The first-order chi connectivity index (χ1) is 9.69. The Labute approximate surface area is 120 Å². The van der Waals surface area contributed by atoms with Crippen LogP contribution in [-0.2, 0) is 4.79 Å². The van der Waals surface area contributed by atoms with E-state index in [2.05, 4.69) is 11.4 Å². The number of nitrogens with one attached hydrogen (secondary N) is 1. The van der Waals surface area contributed by atoms with E-state index in [0.717, 1.165) is 18.5 Å². The van der Waals surface area contributed by atoms with Crippen molar-refractivity contribution in [1.29, 1.82) is 5.26 Å². The SMILES string of the molecule is Cc1ccc(NC(=O)CN(CC#N)C2CCCC2)cc1.